The van der Waals surface area contributed by atoms with Crippen LogP contribution < -0.4 is 4.90 Å². The second kappa shape index (κ2) is 5.95. The van der Waals surface area contributed by atoms with E-state index in [0.29, 0.717) is 12.3 Å². The third-order valence-corrected chi connectivity index (χ3v) is 4.61. The van der Waals surface area contributed by atoms with E-state index < -0.39 is 17.4 Å². The molecule has 0 radical (unpaired) electrons. The van der Waals surface area contributed by atoms with Crippen molar-refractivity contribution in [1.29, 1.82) is 0 Å². The lowest BCUT2D eigenvalue weighted by Gasteiger charge is -2.39. The lowest BCUT2D eigenvalue weighted by atomic mass is 10.1. The highest BCUT2D eigenvalue weighted by atomic mass is 19.1. The molecule has 1 aromatic heterocycles. The summed E-state index contributed by atoms with van der Waals surface area (Å²) in [5.41, 5.74) is 1.50. The normalized spacial score (nSPS) is 17.0. The number of nitrogens with zero attached hydrogens (tertiary/aromatic N) is 3. The molecule has 0 amide bonds. The average Bonchev–Trinajstić information content (AvgIpc) is 3.03. The van der Waals surface area contributed by atoms with Crippen LogP contribution in [0.4, 0.5) is 14.5 Å². The number of fused-ring (bicyclic) bond motifs is 1. The van der Waals surface area contributed by atoms with Crippen LogP contribution in [0.2, 0.25) is 0 Å². The summed E-state index contributed by atoms with van der Waals surface area (Å²) in [5.74, 6) is -3.01. The number of halogens is 2. The summed E-state index contributed by atoms with van der Waals surface area (Å²) < 4.78 is 34.9. The predicted molar refractivity (Wildman–Crippen MR) is 94.9 cm³/mol. The lowest BCUT2D eigenvalue weighted by Crippen LogP contribution is -2.48. The van der Waals surface area contributed by atoms with Gasteiger partial charge in [-0.2, -0.15) is 5.10 Å². The van der Waals surface area contributed by atoms with E-state index in [1.165, 1.54) is 10.9 Å². The van der Waals surface area contributed by atoms with Crippen molar-refractivity contribution in [3.05, 3.63) is 48.2 Å². The molecule has 0 bridgehead atoms. The zero-order valence-electron chi connectivity index (χ0n) is 14.5. The number of phenols is 1. The van der Waals surface area contributed by atoms with Crippen molar-refractivity contribution in [3.8, 4) is 11.4 Å². The van der Waals surface area contributed by atoms with Gasteiger partial charge in [0.05, 0.1) is 24.1 Å². The molecule has 1 fully saturated rings. The summed E-state index contributed by atoms with van der Waals surface area (Å²) in [6.07, 6.45) is 1.37. The van der Waals surface area contributed by atoms with Gasteiger partial charge in [-0.05, 0) is 44.2 Å². The van der Waals surface area contributed by atoms with Gasteiger partial charge in [-0.1, -0.05) is 0 Å². The van der Waals surface area contributed by atoms with Crippen molar-refractivity contribution in [2.45, 2.75) is 19.4 Å². The molecule has 1 saturated heterocycles. The Morgan fingerprint density at radius 1 is 1.15 bits per heavy atom. The standard InChI is InChI=1S/C19H19F2N3O2/c1-19(2)11-23(7-8-26-19)13-3-5-14(6-4-13)24-17-12(10-22-24)9-15(20)18(25)16(17)21/h3-6,9-10,25H,7-8,11H2,1-2H3. The maximum atomic E-state index is 14.3. The third kappa shape index (κ3) is 2.78. The second-order valence-electron chi connectivity index (χ2n) is 7.06. The van der Waals surface area contributed by atoms with Gasteiger partial charge in [-0.25, -0.2) is 13.5 Å². The Hall–Kier alpha value is -2.67. The van der Waals surface area contributed by atoms with Gasteiger partial charge in [-0.15, -0.1) is 0 Å². The minimum absolute atomic E-state index is 0.0455. The van der Waals surface area contributed by atoms with Gasteiger partial charge in [0.15, 0.2) is 17.4 Å². The van der Waals surface area contributed by atoms with Crippen molar-refractivity contribution < 1.29 is 18.6 Å². The minimum atomic E-state index is -1.02. The van der Waals surface area contributed by atoms with Gasteiger partial charge in [0.2, 0.25) is 0 Å². The van der Waals surface area contributed by atoms with E-state index in [-0.39, 0.29) is 16.5 Å². The number of anilines is 1. The van der Waals surface area contributed by atoms with E-state index >= 15 is 0 Å². The fraction of sp³-hybridized carbons (Fsp3) is 0.316. The van der Waals surface area contributed by atoms with Gasteiger partial charge in [0, 0.05) is 24.2 Å². The highest BCUT2D eigenvalue weighted by molar-refractivity contribution is 5.82. The van der Waals surface area contributed by atoms with Crippen LogP contribution in [0.15, 0.2) is 36.5 Å². The molecule has 4 rings (SSSR count). The van der Waals surface area contributed by atoms with Crippen molar-refractivity contribution in [2.75, 3.05) is 24.6 Å². The minimum Gasteiger partial charge on any atom is -0.503 e. The maximum Gasteiger partial charge on any atom is 0.194 e. The second-order valence-corrected chi connectivity index (χ2v) is 7.06. The quantitative estimate of drug-likeness (QED) is 0.759. The van der Waals surface area contributed by atoms with E-state index in [4.69, 9.17) is 4.74 Å². The molecule has 0 atom stereocenters. The van der Waals surface area contributed by atoms with Crippen LogP contribution in [-0.2, 0) is 4.74 Å². The first kappa shape index (κ1) is 16.8. The first-order valence-corrected chi connectivity index (χ1v) is 8.40. The molecule has 0 spiro atoms. The van der Waals surface area contributed by atoms with Crippen LogP contribution in [0.25, 0.3) is 16.6 Å². The number of hydrogen-bond acceptors (Lipinski definition) is 4. The molecule has 7 heteroatoms. The Labute approximate surface area is 149 Å². The number of benzene rings is 2. The average molecular weight is 359 g/mol. The Balaban J connectivity index is 1.70. The van der Waals surface area contributed by atoms with Crippen molar-refractivity contribution in [1.82, 2.24) is 9.78 Å². The Morgan fingerprint density at radius 2 is 1.85 bits per heavy atom. The monoisotopic (exact) mass is 359 g/mol. The summed E-state index contributed by atoms with van der Waals surface area (Å²) in [6, 6.07) is 8.59. The molecule has 2 heterocycles. The molecule has 26 heavy (non-hydrogen) atoms. The van der Waals surface area contributed by atoms with Gasteiger partial charge in [0.25, 0.3) is 0 Å². The van der Waals surface area contributed by atoms with Crippen molar-refractivity contribution in [3.63, 3.8) is 0 Å². The largest absolute Gasteiger partial charge is 0.503 e. The van der Waals surface area contributed by atoms with Gasteiger partial charge < -0.3 is 14.7 Å². The summed E-state index contributed by atoms with van der Waals surface area (Å²) in [6.45, 7) is 6.35. The predicted octanol–water partition coefficient (Wildman–Crippen LogP) is 3.62. The number of rotatable bonds is 2. The lowest BCUT2D eigenvalue weighted by molar-refractivity contribution is -0.0276. The van der Waals surface area contributed by atoms with Crippen LogP contribution in [-0.4, -0.2) is 40.2 Å². The Kier molecular flexibility index (Phi) is 3.84. The zero-order chi connectivity index (χ0) is 18.5. The fourth-order valence-corrected chi connectivity index (χ4v) is 3.35. The van der Waals surface area contributed by atoms with E-state index in [9.17, 15) is 13.9 Å². The molecule has 3 aromatic rings. The van der Waals surface area contributed by atoms with Gasteiger partial charge in [-0.3, -0.25) is 0 Å². The number of aromatic nitrogens is 2. The molecular weight excluding hydrogens is 340 g/mol. The summed E-state index contributed by atoms with van der Waals surface area (Å²) in [4.78, 5) is 2.23. The van der Waals surface area contributed by atoms with E-state index in [1.807, 2.05) is 24.3 Å². The van der Waals surface area contributed by atoms with Crippen molar-refractivity contribution >= 4 is 16.6 Å². The molecule has 1 aliphatic heterocycles. The van der Waals surface area contributed by atoms with Crippen LogP contribution in [0.5, 0.6) is 5.75 Å². The molecule has 1 aliphatic rings. The number of phenolic OH excluding ortho intramolecular Hbond substituents is 1. The molecule has 0 saturated carbocycles. The van der Waals surface area contributed by atoms with Gasteiger partial charge in [0.1, 0.15) is 5.52 Å². The van der Waals surface area contributed by atoms with E-state index in [1.54, 1.807) is 0 Å². The van der Waals surface area contributed by atoms with Crippen molar-refractivity contribution in [2.24, 2.45) is 0 Å². The fourth-order valence-electron chi connectivity index (χ4n) is 3.35. The first-order chi connectivity index (χ1) is 12.4. The summed E-state index contributed by atoms with van der Waals surface area (Å²) in [5, 5.41) is 14.0. The van der Waals surface area contributed by atoms with Crippen LogP contribution >= 0.6 is 0 Å². The van der Waals surface area contributed by atoms with E-state index in [2.05, 4.69) is 23.8 Å². The molecule has 1 N–H and O–H groups in total. The maximum absolute atomic E-state index is 14.3. The van der Waals surface area contributed by atoms with E-state index in [0.717, 1.165) is 24.8 Å². The van der Waals surface area contributed by atoms with Crippen LogP contribution in [0, 0.1) is 11.6 Å². The molecule has 0 aliphatic carbocycles. The molecule has 0 unspecified atom stereocenters. The number of hydrogen-bond donors (Lipinski definition) is 1. The smallest absolute Gasteiger partial charge is 0.194 e. The number of morpholine rings is 1. The number of ether oxygens (including phenoxy) is 1. The molecular formula is C19H19F2N3O2. The SMILES string of the molecule is CC1(C)CN(c2ccc(-n3ncc4cc(F)c(O)c(F)c43)cc2)CCO1. The molecule has 5 nitrogen and oxygen atoms in total. The molecule has 136 valence electrons. The Bertz CT molecular complexity index is 967. The summed E-state index contributed by atoms with van der Waals surface area (Å²) in [7, 11) is 0. The zero-order valence-corrected chi connectivity index (χ0v) is 14.5. The van der Waals surface area contributed by atoms with Crippen LogP contribution in [0.3, 0.4) is 0 Å². The first-order valence-electron chi connectivity index (χ1n) is 8.40. The number of aromatic hydroxyl groups is 1. The summed E-state index contributed by atoms with van der Waals surface area (Å²) >= 11 is 0. The molecule has 2 aromatic carbocycles. The highest BCUT2D eigenvalue weighted by Gasteiger charge is 2.27. The van der Waals surface area contributed by atoms with Gasteiger partial charge >= 0.3 is 0 Å². The van der Waals surface area contributed by atoms with Crippen LogP contribution in [0.1, 0.15) is 13.8 Å². The third-order valence-electron chi connectivity index (χ3n) is 4.61. The highest BCUT2D eigenvalue weighted by Crippen LogP contribution is 2.31. The Morgan fingerprint density at radius 3 is 2.54 bits per heavy atom. The topological polar surface area (TPSA) is 50.5 Å².